The van der Waals surface area contributed by atoms with Crippen LogP contribution in [0.25, 0.3) is 0 Å². The molecule has 0 unspecified atom stereocenters. The second kappa shape index (κ2) is 8.68. The van der Waals surface area contributed by atoms with Gasteiger partial charge in [0.1, 0.15) is 17.3 Å². The van der Waals surface area contributed by atoms with E-state index in [9.17, 15) is 14.3 Å². The van der Waals surface area contributed by atoms with Gasteiger partial charge in [-0.25, -0.2) is 4.39 Å². The summed E-state index contributed by atoms with van der Waals surface area (Å²) in [6, 6.07) is 10.9. The summed E-state index contributed by atoms with van der Waals surface area (Å²) in [5.41, 5.74) is 1.13. The Kier molecular flexibility index (Phi) is 6.08. The number of carbonyl (C=O) groups is 1. The highest BCUT2D eigenvalue weighted by molar-refractivity contribution is 7.99. The van der Waals surface area contributed by atoms with E-state index in [2.05, 4.69) is 17.1 Å². The highest BCUT2D eigenvalue weighted by atomic mass is 32.2. The molecule has 0 bridgehead atoms. The van der Waals surface area contributed by atoms with Crippen molar-refractivity contribution in [2.75, 3.05) is 5.75 Å². The number of rotatable bonds is 8. The van der Waals surface area contributed by atoms with Crippen LogP contribution in [-0.2, 0) is 13.0 Å². The minimum atomic E-state index is -0.592. The van der Waals surface area contributed by atoms with Crippen LogP contribution in [0, 0.1) is 5.82 Å². The van der Waals surface area contributed by atoms with Gasteiger partial charge in [-0.15, -0.1) is 10.2 Å². The minimum Gasteiger partial charge on any atom is -0.507 e. The number of phenolic OH excluding ortho intramolecular Hbond substituents is 1. The average Bonchev–Trinajstić information content (AvgIpc) is 3.14. The number of thioether (sulfide) groups is 1. The fourth-order valence-corrected chi connectivity index (χ4v) is 2.92. The van der Waals surface area contributed by atoms with E-state index in [1.54, 1.807) is 0 Å². The van der Waals surface area contributed by atoms with Gasteiger partial charge in [0.25, 0.3) is 11.1 Å². The molecule has 27 heavy (non-hydrogen) atoms. The Morgan fingerprint density at radius 3 is 2.74 bits per heavy atom. The van der Waals surface area contributed by atoms with Crippen molar-refractivity contribution in [1.82, 2.24) is 10.2 Å². The molecule has 0 aliphatic heterocycles. The van der Waals surface area contributed by atoms with Gasteiger partial charge in [-0.05, 0) is 42.3 Å². The second-order valence-corrected chi connectivity index (χ2v) is 6.55. The van der Waals surface area contributed by atoms with Crippen molar-refractivity contribution in [1.29, 1.82) is 0 Å². The molecule has 1 heterocycles. The van der Waals surface area contributed by atoms with Crippen LogP contribution in [0.15, 0.2) is 52.1 Å². The zero-order valence-corrected chi connectivity index (χ0v) is 15.3. The van der Waals surface area contributed by atoms with Gasteiger partial charge in [0.05, 0.1) is 11.3 Å². The molecule has 1 N–H and O–H groups in total. The predicted molar refractivity (Wildman–Crippen MR) is 97.6 cm³/mol. The third-order valence-electron chi connectivity index (χ3n) is 3.73. The molecule has 0 spiro atoms. The summed E-state index contributed by atoms with van der Waals surface area (Å²) in [7, 11) is 0. The zero-order valence-electron chi connectivity index (χ0n) is 14.5. The fourth-order valence-electron chi connectivity index (χ4n) is 2.26. The molecule has 0 atom stereocenters. The van der Waals surface area contributed by atoms with Gasteiger partial charge in [0.15, 0.2) is 12.4 Å². The van der Waals surface area contributed by atoms with Crippen LogP contribution in [0.5, 0.6) is 11.5 Å². The summed E-state index contributed by atoms with van der Waals surface area (Å²) in [5, 5.41) is 17.5. The molecule has 1 aromatic heterocycles. The number of aromatic nitrogens is 2. The topological polar surface area (TPSA) is 85.5 Å². The number of hydrogen-bond acceptors (Lipinski definition) is 7. The Hall–Kier alpha value is -2.87. The molecule has 0 amide bonds. The number of benzene rings is 2. The van der Waals surface area contributed by atoms with Gasteiger partial charge in [0.2, 0.25) is 0 Å². The van der Waals surface area contributed by atoms with Crippen LogP contribution in [0.4, 0.5) is 4.39 Å². The first-order valence-corrected chi connectivity index (χ1v) is 9.22. The van der Waals surface area contributed by atoms with Crippen LogP contribution in [0.1, 0.15) is 28.7 Å². The van der Waals surface area contributed by atoms with E-state index >= 15 is 0 Å². The molecule has 140 valence electrons. The number of aromatic hydroxyl groups is 1. The molecular weight excluding hydrogens is 371 g/mol. The maximum Gasteiger partial charge on any atom is 0.277 e. The quantitative estimate of drug-likeness (QED) is 0.460. The first kappa shape index (κ1) is 18.9. The van der Waals surface area contributed by atoms with Crippen LogP contribution in [-0.4, -0.2) is 26.8 Å². The van der Waals surface area contributed by atoms with Crippen molar-refractivity contribution in [3.63, 3.8) is 0 Å². The number of carbonyl (C=O) groups excluding carboxylic acids is 1. The van der Waals surface area contributed by atoms with E-state index in [1.165, 1.54) is 5.56 Å². The summed E-state index contributed by atoms with van der Waals surface area (Å²) in [4.78, 5) is 12.1. The number of ether oxygens (including phenoxy) is 1. The molecule has 0 radical (unpaired) electrons. The number of ketones is 1. The normalized spacial score (nSPS) is 10.7. The molecular formula is C19H17FN2O4S. The number of Topliss-reactive ketones (excluding diaryl/α,β-unsaturated/α-hetero) is 1. The van der Waals surface area contributed by atoms with E-state index in [1.807, 2.05) is 24.3 Å². The fraction of sp³-hybridized carbons (Fsp3) is 0.211. The number of halogens is 1. The van der Waals surface area contributed by atoms with Crippen molar-refractivity contribution in [3.8, 4) is 11.5 Å². The van der Waals surface area contributed by atoms with Gasteiger partial charge < -0.3 is 14.3 Å². The lowest BCUT2D eigenvalue weighted by atomic mass is 10.1. The van der Waals surface area contributed by atoms with E-state index in [0.29, 0.717) is 5.75 Å². The first-order chi connectivity index (χ1) is 13.0. The lowest BCUT2D eigenvalue weighted by Crippen LogP contribution is -2.03. The van der Waals surface area contributed by atoms with E-state index in [-0.39, 0.29) is 34.8 Å². The van der Waals surface area contributed by atoms with Gasteiger partial charge >= 0.3 is 0 Å². The maximum atomic E-state index is 13.2. The minimum absolute atomic E-state index is 0.0714. The summed E-state index contributed by atoms with van der Waals surface area (Å²) in [6.07, 6.45) is 0.955. The van der Waals surface area contributed by atoms with Crippen LogP contribution < -0.4 is 4.74 Å². The molecule has 0 fully saturated rings. The molecule has 0 aliphatic carbocycles. The molecule has 3 aromatic rings. The third kappa shape index (κ3) is 5.07. The van der Waals surface area contributed by atoms with Crippen LogP contribution in [0.3, 0.4) is 0 Å². The monoisotopic (exact) mass is 388 g/mol. The average molecular weight is 388 g/mol. The second-order valence-electron chi connectivity index (χ2n) is 5.62. The predicted octanol–water partition coefficient (Wildman–Crippen LogP) is 4.03. The van der Waals surface area contributed by atoms with Crippen molar-refractivity contribution < 1.29 is 23.4 Å². The van der Waals surface area contributed by atoms with Crippen LogP contribution in [0.2, 0.25) is 0 Å². The lowest BCUT2D eigenvalue weighted by Gasteiger charge is -2.04. The molecule has 0 saturated heterocycles. The van der Waals surface area contributed by atoms with Crippen molar-refractivity contribution >= 4 is 17.5 Å². The Morgan fingerprint density at radius 1 is 1.22 bits per heavy atom. The summed E-state index contributed by atoms with van der Waals surface area (Å²) < 4.78 is 24.2. The highest BCUT2D eigenvalue weighted by Gasteiger charge is 2.15. The van der Waals surface area contributed by atoms with Gasteiger partial charge in [0, 0.05) is 0 Å². The van der Waals surface area contributed by atoms with Crippen molar-refractivity contribution in [3.05, 3.63) is 65.3 Å². The number of hydrogen-bond donors (Lipinski definition) is 1. The Labute approximate surface area is 159 Å². The van der Waals surface area contributed by atoms with Gasteiger partial charge in [-0.3, -0.25) is 4.79 Å². The Morgan fingerprint density at radius 2 is 2.00 bits per heavy atom. The summed E-state index contributed by atoms with van der Waals surface area (Å²) in [6.45, 7) is 2.19. The Balaban J connectivity index is 1.53. The number of nitrogens with zero attached hydrogens (tertiary/aromatic N) is 2. The van der Waals surface area contributed by atoms with E-state index in [0.717, 1.165) is 36.4 Å². The SMILES string of the molecule is CCc1ccc(OCc2nnc(SCC(=O)c3cc(F)ccc3O)o2)cc1. The molecule has 2 aromatic carbocycles. The number of phenols is 1. The molecule has 3 rings (SSSR count). The maximum absolute atomic E-state index is 13.2. The van der Waals surface area contributed by atoms with Crippen LogP contribution >= 0.6 is 11.8 Å². The lowest BCUT2D eigenvalue weighted by molar-refractivity contribution is 0.101. The van der Waals surface area contributed by atoms with E-state index < -0.39 is 11.6 Å². The zero-order chi connectivity index (χ0) is 19.2. The van der Waals surface area contributed by atoms with Gasteiger partial charge in [-0.1, -0.05) is 30.8 Å². The standard InChI is InChI=1S/C19H17FN2O4S/c1-2-12-3-6-14(7-4-12)25-10-18-21-22-19(26-18)27-11-17(24)15-9-13(20)5-8-16(15)23/h3-9,23H,2,10-11H2,1H3. The largest absolute Gasteiger partial charge is 0.507 e. The van der Waals surface area contributed by atoms with Crippen molar-refractivity contribution in [2.24, 2.45) is 0 Å². The molecule has 0 aliphatic rings. The highest BCUT2D eigenvalue weighted by Crippen LogP contribution is 2.23. The summed E-state index contributed by atoms with van der Waals surface area (Å²) >= 11 is 1.01. The first-order valence-electron chi connectivity index (χ1n) is 8.23. The Bertz CT molecular complexity index is 928. The summed E-state index contributed by atoms with van der Waals surface area (Å²) in [5.74, 6) is -0.405. The van der Waals surface area contributed by atoms with Gasteiger partial charge in [-0.2, -0.15) is 0 Å². The van der Waals surface area contributed by atoms with Crippen molar-refractivity contribution in [2.45, 2.75) is 25.2 Å². The molecule has 6 nitrogen and oxygen atoms in total. The van der Waals surface area contributed by atoms with E-state index in [4.69, 9.17) is 9.15 Å². The smallest absolute Gasteiger partial charge is 0.277 e. The molecule has 0 saturated carbocycles. The third-order valence-corrected chi connectivity index (χ3v) is 4.55. The molecule has 8 heteroatoms. The number of aryl methyl sites for hydroxylation is 1.